The molecule has 4 N–H and O–H groups in total. The lowest BCUT2D eigenvalue weighted by atomic mass is 9.95. The number of carbonyl (C=O) groups is 1. The largest absolute Gasteiger partial charge is 0.453 e. The summed E-state index contributed by atoms with van der Waals surface area (Å²) in [6, 6.07) is 5.91. The summed E-state index contributed by atoms with van der Waals surface area (Å²) in [6.07, 6.45) is 9.22. The Bertz CT molecular complexity index is 1040. The number of rotatable bonds is 6. The first-order valence-electron chi connectivity index (χ1n) is 10.5. The summed E-state index contributed by atoms with van der Waals surface area (Å²) in [4.78, 5) is 19.7. The minimum absolute atomic E-state index is 0.118. The van der Waals surface area contributed by atoms with Gasteiger partial charge in [0.05, 0.1) is 11.4 Å². The molecule has 0 bridgehead atoms. The summed E-state index contributed by atoms with van der Waals surface area (Å²) in [5.74, 6) is -0.0173. The lowest BCUT2D eigenvalue weighted by Crippen LogP contribution is -2.46. The Morgan fingerprint density at radius 1 is 1.30 bits per heavy atom. The van der Waals surface area contributed by atoms with E-state index in [1.165, 1.54) is 12.5 Å². The summed E-state index contributed by atoms with van der Waals surface area (Å²) in [7, 11) is 0. The second-order valence-corrected chi connectivity index (χ2v) is 8.03. The molecule has 1 amide bonds. The van der Waals surface area contributed by atoms with Crippen LogP contribution in [-0.2, 0) is 11.2 Å². The second kappa shape index (κ2) is 8.83. The fourth-order valence-electron chi connectivity index (χ4n) is 4.04. The number of aromatic nitrogens is 2. The minimum atomic E-state index is -0.708. The Hall–Kier alpha value is -2.93. The van der Waals surface area contributed by atoms with Gasteiger partial charge in [-0.05, 0) is 55.5 Å². The van der Waals surface area contributed by atoms with Gasteiger partial charge in [0, 0.05) is 18.4 Å². The van der Waals surface area contributed by atoms with Crippen LogP contribution in [0.1, 0.15) is 43.2 Å². The maximum absolute atomic E-state index is 14.7. The molecule has 30 heavy (non-hydrogen) atoms. The van der Waals surface area contributed by atoms with Crippen LogP contribution in [0.4, 0.5) is 4.39 Å². The molecule has 0 unspecified atom stereocenters. The first-order chi connectivity index (χ1) is 14.5. The van der Waals surface area contributed by atoms with Gasteiger partial charge in [-0.15, -0.1) is 0 Å². The number of aryl methyl sites for hydroxylation is 1. The molecule has 1 aromatic carbocycles. The van der Waals surface area contributed by atoms with Crippen LogP contribution in [0.2, 0.25) is 0 Å². The van der Waals surface area contributed by atoms with E-state index < -0.39 is 11.9 Å². The van der Waals surface area contributed by atoms with Gasteiger partial charge < -0.3 is 20.8 Å². The van der Waals surface area contributed by atoms with Gasteiger partial charge >= 0.3 is 0 Å². The minimum Gasteiger partial charge on any atom is -0.453 e. The van der Waals surface area contributed by atoms with Crippen molar-refractivity contribution < 1.29 is 13.9 Å². The molecule has 0 aliphatic heterocycles. The summed E-state index contributed by atoms with van der Waals surface area (Å²) in [5, 5.41) is 3.85. The Balaban J connectivity index is 1.42. The van der Waals surface area contributed by atoms with Crippen LogP contribution in [-0.4, -0.2) is 28.0 Å². The van der Waals surface area contributed by atoms with Crippen molar-refractivity contribution >= 4 is 16.9 Å². The van der Waals surface area contributed by atoms with Crippen molar-refractivity contribution in [3.05, 3.63) is 53.6 Å². The molecule has 7 heteroatoms. The molecular weight excluding hydrogens is 383 g/mol. The molecule has 1 saturated carbocycles. The normalized spacial score (nSPS) is 15.8. The van der Waals surface area contributed by atoms with Gasteiger partial charge in [-0.2, -0.15) is 0 Å². The highest BCUT2D eigenvalue weighted by Gasteiger charge is 2.21. The lowest BCUT2D eigenvalue weighted by Gasteiger charge is -2.24. The van der Waals surface area contributed by atoms with Crippen LogP contribution in [0, 0.1) is 12.7 Å². The molecule has 3 aromatic rings. The number of benzene rings is 1. The van der Waals surface area contributed by atoms with Gasteiger partial charge in [0.25, 0.3) is 0 Å². The first kappa shape index (κ1) is 20.3. The molecule has 0 radical (unpaired) electrons. The summed E-state index contributed by atoms with van der Waals surface area (Å²) >= 11 is 0. The molecular formula is C23H27FN4O2. The lowest BCUT2D eigenvalue weighted by molar-refractivity contribution is -0.123. The van der Waals surface area contributed by atoms with Crippen molar-refractivity contribution in [2.45, 2.75) is 57.5 Å². The third kappa shape index (κ3) is 4.46. The Morgan fingerprint density at radius 3 is 2.87 bits per heavy atom. The molecule has 1 aliphatic carbocycles. The van der Waals surface area contributed by atoms with E-state index in [-0.39, 0.29) is 24.1 Å². The van der Waals surface area contributed by atoms with Gasteiger partial charge in [-0.25, -0.2) is 9.37 Å². The van der Waals surface area contributed by atoms with E-state index in [2.05, 4.69) is 15.3 Å². The quantitative estimate of drug-likeness (QED) is 0.570. The number of aromatic amines is 1. The Kier molecular flexibility index (Phi) is 5.99. The maximum atomic E-state index is 14.7. The number of nitrogens with one attached hydrogen (secondary N) is 2. The fourth-order valence-corrected chi connectivity index (χ4v) is 4.04. The number of pyridine rings is 1. The van der Waals surface area contributed by atoms with Crippen LogP contribution < -0.4 is 15.8 Å². The fraction of sp³-hybridized carbons (Fsp3) is 0.391. The van der Waals surface area contributed by atoms with E-state index >= 15 is 0 Å². The van der Waals surface area contributed by atoms with Crippen LogP contribution in [0.15, 0.2) is 36.7 Å². The second-order valence-electron chi connectivity index (χ2n) is 8.03. The van der Waals surface area contributed by atoms with E-state index in [1.54, 1.807) is 24.4 Å². The van der Waals surface area contributed by atoms with Crippen molar-refractivity contribution in [2.75, 3.05) is 0 Å². The predicted molar refractivity (Wildman–Crippen MR) is 114 cm³/mol. The van der Waals surface area contributed by atoms with Gasteiger partial charge in [-0.1, -0.05) is 25.3 Å². The van der Waals surface area contributed by atoms with Crippen molar-refractivity contribution in [3.63, 3.8) is 0 Å². The number of H-pyrrole nitrogens is 1. The zero-order valence-corrected chi connectivity index (χ0v) is 17.1. The van der Waals surface area contributed by atoms with Crippen molar-refractivity contribution in [1.29, 1.82) is 0 Å². The average molecular weight is 410 g/mol. The van der Waals surface area contributed by atoms with Crippen LogP contribution in [0.5, 0.6) is 11.5 Å². The molecule has 2 heterocycles. The van der Waals surface area contributed by atoms with Crippen LogP contribution in [0.25, 0.3) is 11.0 Å². The highest BCUT2D eigenvalue weighted by molar-refractivity contribution is 5.86. The zero-order valence-electron chi connectivity index (χ0n) is 17.1. The van der Waals surface area contributed by atoms with Gasteiger partial charge in [0.1, 0.15) is 11.4 Å². The monoisotopic (exact) mass is 410 g/mol. The maximum Gasteiger partial charge on any atom is 0.237 e. The summed E-state index contributed by atoms with van der Waals surface area (Å²) in [6.45, 7) is 1.94. The number of nitrogens with two attached hydrogens (primary N) is 1. The number of nitrogens with zero attached hydrogens (tertiary/aromatic N) is 1. The third-order valence-corrected chi connectivity index (χ3v) is 5.69. The molecule has 0 saturated heterocycles. The van der Waals surface area contributed by atoms with Crippen LogP contribution in [0.3, 0.4) is 0 Å². The van der Waals surface area contributed by atoms with Crippen LogP contribution >= 0.6 is 0 Å². The van der Waals surface area contributed by atoms with Crippen molar-refractivity contribution in [2.24, 2.45) is 5.73 Å². The van der Waals surface area contributed by atoms with Gasteiger partial charge in [-0.3, -0.25) is 4.79 Å². The molecule has 0 spiro atoms. The molecule has 2 aromatic heterocycles. The van der Waals surface area contributed by atoms with Crippen molar-refractivity contribution in [3.8, 4) is 11.5 Å². The molecule has 1 fully saturated rings. The standard InChI is InChI=1S/C23H27FN4O2/c1-14-13-27-22-21(14)20(9-10-26-22)30-19-8-7-15(11-17(19)24)12-18(25)23(29)28-16-5-3-2-4-6-16/h7-11,13,16,18H,2-6,12,25H2,1H3,(H,26,27)(H,28,29)/t18-/m0/s1. The van der Waals surface area contributed by atoms with Gasteiger partial charge in [0.2, 0.25) is 5.91 Å². The van der Waals surface area contributed by atoms with E-state index in [1.807, 2.05) is 13.1 Å². The molecule has 6 nitrogen and oxygen atoms in total. The number of fused-ring (bicyclic) bond motifs is 1. The highest BCUT2D eigenvalue weighted by atomic mass is 19.1. The average Bonchev–Trinajstić information content (AvgIpc) is 3.12. The smallest absolute Gasteiger partial charge is 0.237 e. The molecule has 1 aliphatic rings. The number of hydrogen-bond acceptors (Lipinski definition) is 4. The number of carbonyl (C=O) groups excluding carboxylic acids is 1. The first-order valence-corrected chi connectivity index (χ1v) is 10.5. The highest BCUT2D eigenvalue weighted by Crippen LogP contribution is 2.32. The number of halogens is 1. The summed E-state index contributed by atoms with van der Waals surface area (Å²) < 4.78 is 20.5. The molecule has 1 atom stereocenters. The number of ether oxygens (including phenoxy) is 1. The van der Waals surface area contributed by atoms with Gasteiger partial charge in [0.15, 0.2) is 11.6 Å². The zero-order chi connectivity index (χ0) is 21.1. The molecule has 4 rings (SSSR count). The Morgan fingerprint density at radius 2 is 2.10 bits per heavy atom. The van der Waals surface area contributed by atoms with E-state index in [0.717, 1.165) is 36.6 Å². The topological polar surface area (TPSA) is 93.0 Å². The predicted octanol–water partition coefficient (Wildman–Crippen LogP) is 4.12. The molecule has 158 valence electrons. The van der Waals surface area contributed by atoms with E-state index in [9.17, 15) is 9.18 Å². The van der Waals surface area contributed by atoms with E-state index in [0.29, 0.717) is 17.0 Å². The number of amides is 1. The third-order valence-electron chi connectivity index (χ3n) is 5.69. The Labute approximate surface area is 175 Å². The number of hydrogen-bond donors (Lipinski definition) is 3. The van der Waals surface area contributed by atoms with Crippen molar-refractivity contribution in [1.82, 2.24) is 15.3 Å². The van der Waals surface area contributed by atoms with E-state index in [4.69, 9.17) is 10.5 Å². The summed E-state index contributed by atoms with van der Waals surface area (Å²) in [5.41, 5.74) is 8.39. The SMILES string of the molecule is Cc1c[nH]c2nccc(Oc3ccc(C[C@H](N)C(=O)NC4CCCCC4)cc3F)c12.